The molecule has 0 aliphatic rings. The number of hydrogen-bond donors (Lipinski definition) is 0. The summed E-state index contributed by atoms with van der Waals surface area (Å²) in [6.45, 7) is 1.40. The fourth-order valence-electron chi connectivity index (χ4n) is 0.856. The topological polar surface area (TPSA) is 47.0 Å². The number of carbonyl (C=O) groups is 2. The van der Waals surface area contributed by atoms with Crippen LogP contribution in [-0.2, 0) is 4.79 Å². The fraction of sp³-hybridized carbons (Fsp3) is 0.222. The number of nitrogens with zero attached hydrogens (tertiary/aromatic N) is 1. The Labute approximate surface area is 82.6 Å². The van der Waals surface area contributed by atoms with Crippen molar-refractivity contribution < 1.29 is 9.59 Å². The van der Waals surface area contributed by atoms with Crippen LogP contribution in [0.25, 0.3) is 0 Å². The number of ketones is 2. The summed E-state index contributed by atoms with van der Waals surface area (Å²) >= 11 is 0. The molecule has 1 heterocycles. The SMILES string of the molecule is CC(=O)CC(=O)c1cccnc1.Cl. The molecule has 0 saturated carbocycles. The van der Waals surface area contributed by atoms with Crippen molar-refractivity contribution in [2.24, 2.45) is 0 Å². The largest absolute Gasteiger partial charge is 0.300 e. The Morgan fingerprint density at radius 2 is 2.15 bits per heavy atom. The molecular formula is C9H10ClNO2. The summed E-state index contributed by atoms with van der Waals surface area (Å²) in [6, 6.07) is 3.33. The Kier molecular flexibility index (Phi) is 4.92. The lowest BCUT2D eigenvalue weighted by molar-refractivity contribution is -0.116. The zero-order valence-electron chi connectivity index (χ0n) is 7.19. The molecule has 0 aliphatic carbocycles. The molecule has 0 amide bonds. The lowest BCUT2D eigenvalue weighted by Crippen LogP contribution is -2.04. The van der Waals surface area contributed by atoms with Gasteiger partial charge in [-0.05, 0) is 19.1 Å². The van der Waals surface area contributed by atoms with Gasteiger partial charge in [-0.1, -0.05) is 0 Å². The lowest BCUT2D eigenvalue weighted by atomic mass is 10.1. The molecule has 0 aromatic carbocycles. The molecule has 4 heteroatoms. The Balaban J connectivity index is 0.00000144. The molecule has 0 atom stereocenters. The average Bonchev–Trinajstić information content (AvgIpc) is 2.05. The van der Waals surface area contributed by atoms with Crippen LogP contribution in [0.4, 0.5) is 0 Å². The summed E-state index contributed by atoms with van der Waals surface area (Å²) in [7, 11) is 0. The molecule has 0 radical (unpaired) electrons. The van der Waals surface area contributed by atoms with Gasteiger partial charge in [0.15, 0.2) is 5.78 Å². The standard InChI is InChI=1S/C9H9NO2.ClH/c1-7(11)5-9(12)8-3-2-4-10-6-8;/h2-4,6H,5H2,1H3;1H. The first kappa shape index (κ1) is 11.8. The molecule has 0 N–H and O–H groups in total. The summed E-state index contributed by atoms with van der Waals surface area (Å²) < 4.78 is 0. The minimum Gasteiger partial charge on any atom is -0.300 e. The first-order chi connectivity index (χ1) is 5.70. The second-order valence-electron chi connectivity index (χ2n) is 2.54. The maximum Gasteiger partial charge on any atom is 0.171 e. The van der Waals surface area contributed by atoms with Gasteiger partial charge in [0.25, 0.3) is 0 Å². The van der Waals surface area contributed by atoms with Crippen molar-refractivity contribution in [2.45, 2.75) is 13.3 Å². The number of Topliss-reactive ketones (excluding diaryl/α,β-unsaturated/α-hetero) is 2. The maximum absolute atomic E-state index is 11.2. The second kappa shape index (κ2) is 5.43. The molecule has 0 bridgehead atoms. The summed E-state index contributed by atoms with van der Waals surface area (Å²) in [5, 5.41) is 0. The van der Waals surface area contributed by atoms with E-state index in [0.717, 1.165) is 0 Å². The molecule has 0 saturated heterocycles. The smallest absolute Gasteiger partial charge is 0.171 e. The molecule has 13 heavy (non-hydrogen) atoms. The monoisotopic (exact) mass is 199 g/mol. The predicted octanol–water partition coefficient (Wildman–Crippen LogP) is 1.67. The highest BCUT2D eigenvalue weighted by molar-refractivity contribution is 6.07. The number of hydrogen-bond acceptors (Lipinski definition) is 3. The highest BCUT2D eigenvalue weighted by atomic mass is 35.5. The van der Waals surface area contributed by atoms with Gasteiger partial charge in [-0.25, -0.2) is 0 Å². The van der Waals surface area contributed by atoms with Crippen molar-refractivity contribution in [1.29, 1.82) is 0 Å². The Morgan fingerprint density at radius 1 is 1.46 bits per heavy atom. The van der Waals surface area contributed by atoms with Crippen LogP contribution in [0.15, 0.2) is 24.5 Å². The Hall–Kier alpha value is -1.22. The molecule has 0 spiro atoms. The number of halogens is 1. The van der Waals surface area contributed by atoms with Crippen molar-refractivity contribution in [3.63, 3.8) is 0 Å². The van der Waals surface area contributed by atoms with E-state index >= 15 is 0 Å². The second-order valence-corrected chi connectivity index (χ2v) is 2.54. The molecule has 0 aliphatic heterocycles. The van der Waals surface area contributed by atoms with E-state index in [4.69, 9.17) is 0 Å². The number of rotatable bonds is 3. The van der Waals surface area contributed by atoms with Crippen molar-refractivity contribution >= 4 is 24.0 Å². The summed E-state index contributed by atoms with van der Waals surface area (Å²) in [4.78, 5) is 25.6. The molecule has 70 valence electrons. The Bertz CT molecular complexity index is 298. The van der Waals surface area contributed by atoms with Gasteiger partial charge in [0, 0.05) is 18.0 Å². The van der Waals surface area contributed by atoms with E-state index in [2.05, 4.69) is 4.98 Å². The quantitative estimate of drug-likeness (QED) is 0.550. The molecule has 3 nitrogen and oxygen atoms in total. The summed E-state index contributed by atoms with van der Waals surface area (Å²) in [6.07, 6.45) is 3.02. The van der Waals surface area contributed by atoms with Crippen LogP contribution < -0.4 is 0 Å². The predicted molar refractivity (Wildman–Crippen MR) is 51.1 cm³/mol. The van der Waals surface area contributed by atoms with Gasteiger partial charge in [0.1, 0.15) is 5.78 Å². The highest BCUT2D eigenvalue weighted by Gasteiger charge is 2.07. The number of carbonyl (C=O) groups excluding carboxylic acids is 2. The van der Waals surface area contributed by atoms with Gasteiger partial charge in [0.2, 0.25) is 0 Å². The number of aromatic nitrogens is 1. The summed E-state index contributed by atoms with van der Waals surface area (Å²) in [5.41, 5.74) is 0.493. The van der Waals surface area contributed by atoms with Gasteiger partial charge in [-0.2, -0.15) is 0 Å². The van der Waals surface area contributed by atoms with Gasteiger partial charge in [-0.3, -0.25) is 14.6 Å². The maximum atomic E-state index is 11.2. The van der Waals surface area contributed by atoms with Crippen molar-refractivity contribution in [1.82, 2.24) is 4.98 Å². The van der Waals surface area contributed by atoms with Gasteiger partial charge in [0.05, 0.1) is 6.42 Å². The first-order valence-corrected chi connectivity index (χ1v) is 3.63. The average molecular weight is 200 g/mol. The van der Waals surface area contributed by atoms with Gasteiger partial charge >= 0.3 is 0 Å². The van der Waals surface area contributed by atoms with Crippen LogP contribution in [0.5, 0.6) is 0 Å². The van der Waals surface area contributed by atoms with Gasteiger partial charge < -0.3 is 0 Å². The van der Waals surface area contributed by atoms with E-state index in [-0.39, 0.29) is 30.4 Å². The van der Waals surface area contributed by atoms with Crippen molar-refractivity contribution in [2.75, 3.05) is 0 Å². The minimum atomic E-state index is -0.171. The van der Waals surface area contributed by atoms with Crippen molar-refractivity contribution in [3.05, 3.63) is 30.1 Å². The fourth-order valence-corrected chi connectivity index (χ4v) is 0.856. The van der Waals surface area contributed by atoms with E-state index in [1.54, 1.807) is 18.3 Å². The van der Waals surface area contributed by atoms with E-state index in [1.807, 2.05) is 0 Å². The van der Waals surface area contributed by atoms with E-state index < -0.39 is 0 Å². The normalized spacial score (nSPS) is 8.69. The van der Waals surface area contributed by atoms with E-state index in [1.165, 1.54) is 13.1 Å². The summed E-state index contributed by atoms with van der Waals surface area (Å²) in [5.74, 6) is -0.292. The highest BCUT2D eigenvalue weighted by Crippen LogP contribution is 2.00. The Morgan fingerprint density at radius 3 is 2.62 bits per heavy atom. The molecule has 1 aromatic heterocycles. The van der Waals surface area contributed by atoms with E-state index in [9.17, 15) is 9.59 Å². The number of pyridine rings is 1. The van der Waals surface area contributed by atoms with E-state index in [0.29, 0.717) is 5.56 Å². The third kappa shape index (κ3) is 3.80. The minimum absolute atomic E-state index is 0. The van der Waals surface area contributed by atoms with Crippen LogP contribution >= 0.6 is 12.4 Å². The molecule has 1 rings (SSSR count). The van der Waals surface area contributed by atoms with Crippen LogP contribution in [0, 0.1) is 0 Å². The first-order valence-electron chi connectivity index (χ1n) is 3.63. The molecule has 1 aromatic rings. The zero-order valence-corrected chi connectivity index (χ0v) is 8.00. The third-order valence-electron chi connectivity index (χ3n) is 1.39. The van der Waals surface area contributed by atoms with Crippen LogP contribution in [0.2, 0.25) is 0 Å². The molecule has 0 fully saturated rings. The lowest BCUT2D eigenvalue weighted by Gasteiger charge is -1.95. The van der Waals surface area contributed by atoms with Crippen LogP contribution in [0.3, 0.4) is 0 Å². The van der Waals surface area contributed by atoms with Crippen LogP contribution in [0.1, 0.15) is 23.7 Å². The van der Waals surface area contributed by atoms with Gasteiger partial charge in [-0.15, -0.1) is 12.4 Å². The zero-order chi connectivity index (χ0) is 8.97. The van der Waals surface area contributed by atoms with Crippen molar-refractivity contribution in [3.8, 4) is 0 Å². The third-order valence-corrected chi connectivity index (χ3v) is 1.39. The molecular weight excluding hydrogens is 190 g/mol. The molecule has 0 unspecified atom stereocenters. The van der Waals surface area contributed by atoms with Crippen LogP contribution in [-0.4, -0.2) is 16.6 Å².